The van der Waals surface area contributed by atoms with Crippen LogP contribution in [-0.2, 0) is 22.7 Å². The monoisotopic (exact) mass is 552 g/mol. The Kier molecular flexibility index (Phi) is 9.32. The fourth-order valence-corrected chi connectivity index (χ4v) is 4.47. The zero-order valence-corrected chi connectivity index (χ0v) is 22.2. The number of halogens is 2. The maximum absolute atomic E-state index is 13.8. The Morgan fingerprint density at radius 1 is 1.05 bits per heavy atom. The Morgan fingerprint density at radius 3 is 2.51 bits per heavy atom. The van der Waals surface area contributed by atoms with E-state index in [1.54, 1.807) is 55.6 Å². The second kappa shape index (κ2) is 13.1. The van der Waals surface area contributed by atoms with Crippen LogP contribution >= 0.6 is 11.8 Å². The molecule has 0 saturated heterocycles. The van der Waals surface area contributed by atoms with Crippen LogP contribution in [0, 0.1) is 11.6 Å². The zero-order chi connectivity index (χ0) is 27.8. The van der Waals surface area contributed by atoms with Crippen molar-refractivity contribution in [1.82, 2.24) is 9.88 Å². The number of rotatable bonds is 11. The van der Waals surface area contributed by atoms with Gasteiger partial charge in [-0.2, -0.15) is 0 Å². The van der Waals surface area contributed by atoms with Gasteiger partial charge in [0.1, 0.15) is 25.2 Å². The first kappa shape index (κ1) is 27.8. The molecule has 0 fully saturated rings. The van der Waals surface area contributed by atoms with Gasteiger partial charge in [-0.3, -0.25) is 9.59 Å². The molecule has 1 aromatic heterocycles. The molecule has 0 N–H and O–H groups in total. The third-order valence-electron chi connectivity index (χ3n) is 5.71. The number of benzene rings is 3. The topological polar surface area (TPSA) is 81.9 Å². The number of thioether (sulfide) groups is 1. The minimum Gasteiger partial charge on any atom is -0.489 e. The summed E-state index contributed by atoms with van der Waals surface area (Å²) in [5, 5.41) is 0. The van der Waals surface area contributed by atoms with Gasteiger partial charge in [-0.05, 0) is 66.3 Å². The van der Waals surface area contributed by atoms with Gasteiger partial charge in [0.15, 0.2) is 11.6 Å². The lowest BCUT2D eigenvalue weighted by molar-refractivity contribution is -0.144. The van der Waals surface area contributed by atoms with Gasteiger partial charge >= 0.3 is 5.97 Å². The number of oxazole rings is 1. The molecule has 39 heavy (non-hydrogen) atoms. The molecule has 202 valence electrons. The first-order chi connectivity index (χ1) is 18.9. The summed E-state index contributed by atoms with van der Waals surface area (Å²) in [6.45, 7) is 1.83. The minimum atomic E-state index is -0.904. The molecule has 1 amide bonds. The highest BCUT2D eigenvalue weighted by molar-refractivity contribution is 7.98. The first-order valence-electron chi connectivity index (χ1n) is 12.1. The SMILES string of the molecule is CCOC(=O)CN(Cc1ncco1)C(=O)c1cccc(COc2ccc(-c3cc(F)c(F)cc3SC)cc2)c1. The van der Waals surface area contributed by atoms with Crippen LogP contribution in [0.1, 0.15) is 28.7 Å². The van der Waals surface area contributed by atoms with Crippen molar-refractivity contribution in [3.05, 3.63) is 102 Å². The summed E-state index contributed by atoms with van der Waals surface area (Å²) in [4.78, 5) is 31.3. The Balaban J connectivity index is 1.45. The normalized spacial score (nSPS) is 10.8. The summed E-state index contributed by atoms with van der Waals surface area (Å²) in [6.07, 6.45) is 4.66. The van der Waals surface area contributed by atoms with Gasteiger partial charge in [0.2, 0.25) is 5.89 Å². The number of aromatic nitrogens is 1. The average molecular weight is 553 g/mol. The van der Waals surface area contributed by atoms with Crippen molar-refractivity contribution in [1.29, 1.82) is 0 Å². The molecule has 0 saturated carbocycles. The lowest BCUT2D eigenvalue weighted by Crippen LogP contribution is -2.36. The molecule has 1 heterocycles. The molecule has 0 aliphatic heterocycles. The molecule has 0 aliphatic rings. The molecule has 7 nitrogen and oxygen atoms in total. The summed E-state index contributed by atoms with van der Waals surface area (Å²) in [5.41, 5.74) is 2.43. The Hall–Kier alpha value is -4.18. The molecule has 0 unspecified atom stereocenters. The maximum atomic E-state index is 13.8. The number of nitrogens with zero attached hydrogens (tertiary/aromatic N) is 2. The van der Waals surface area contributed by atoms with Crippen molar-refractivity contribution < 1.29 is 32.3 Å². The molecule has 10 heteroatoms. The maximum Gasteiger partial charge on any atom is 0.325 e. The quantitative estimate of drug-likeness (QED) is 0.164. The van der Waals surface area contributed by atoms with Crippen LogP contribution in [0.4, 0.5) is 8.78 Å². The van der Waals surface area contributed by atoms with Gasteiger partial charge in [-0.15, -0.1) is 11.8 Å². The van der Waals surface area contributed by atoms with Gasteiger partial charge in [0.05, 0.1) is 19.3 Å². The lowest BCUT2D eigenvalue weighted by atomic mass is 10.1. The van der Waals surface area contributed by atoms with E-state index in [4.69, 9.17) is 13.9 Å². The number of carbonyl (C=O) groups is 2. The molecule has 3 aromatic carbocycles. The predicted octanol–water partition coefficient (Wildman–Crippen LogP) is 6.13. The van der Waals surface area contributed by atoms with Gasteiger partial charge in [-0.25, -0.2) is 13.8 Å². The molecular formula is C29H26F2N2O5S. The molecular weight excluding hydrogens is 526 g/mol. The van der Waals surface area contributed by atoms with Crippen LogP contribution in [-0.4, -0.2) is 41.2 Å². The second-order valence-corrected chi connectivity index (χ2v) is 9.22. The molecule has 4 aromatic rings. The smallest absolute Gasteiger partial charge is 0.325 e. The minimum absolute atomic E-state index is 0.00787. The number of hydrogen-bond donors (Lipinski definition) is 0. The molecule has 0 radical (unpaired) electrons. The van der Waals surface area contributed by atoms with Gasteiger partial charge < -0.3 is 18.8 Å². The number of amides is 1. The summed E-state index contributed by atoms with van der Waals surface area (Å²) in [6, 6.07) is 16.3. The second-order valence-electron chi connectivity index (χ2n) is 8.37. The fourth-order valence-electron chi connectivity index (χ4n) is 3.85. The standard InChI is InChI=1S/C29H26F2N2O5S/c1-3-36-28(34)17-33(16-27-32-11-12-37-27)29(35)21-6-4-5-19(13-21)18-38-22-9-7-20(8-10-22)23-14-24(30)25(31)15-26(23)39-2/h4-15H,3,16-18H2,1-2H3. The number of hydrogen-bond acceptors (Lipinski definition) is 7. The van der Waals surface area contributed by atoms with Crippen molar-refractivity contribution in [2.75, 3.05) is 19.4 Å². The van der Waals surface area contributed by atoms with Crippen molar-refractivity contribution in [3.63, 3.8) is 0 Å². The Labute approximate surface area is 228 Å². The van der Waals surface area contributed by atoms with Crippen molar-refractivity contribution >= 4 is 23.6 Å². The van der Waals surface area contributed by atoms with Crippen LogP contribution < -0.4 is 4.74 Å². The van der Waals surface area contributed by atoms with Gasteiger partial charge in [0.25, 0.3) is 5.91 Å². The van der Waals surface area contributed by atoms with E-state index in [1.807, 2.05) is 6.07 Å². The van der Waals surface area contributed by atoms with E-state index in [-0.39, 0.29) is 32.2 Å². The lowest BCUT2D eigenvalue weighted by Gasteiger charge is -2.20. The van der Waals surface area contributed by atoms with E-state index in [0.29, 0.717) is 27.7 Å². The predicted molar refractivity (Wildman–Crippen MR) is 142 cm³/mol. The summed E-state index contributed by atoms with van der Waals surface area (Å²) in [5.74, 6) is -1.85. The van der Waals surface area contributed by atoms with E-state index in [0.717, 1.165) is 11.1 Å². The number of carbonyl (C=O) groups excluding carboxylic acids is 2. The highest BCUT2D eigenvalue weighted by atomic mass is 32.2. The largest absolute Gasteiger partial charge is 0.489 e. The average Bonchev–Trinajstić information content (AvgIpc) is 3.46. The van der Waals surface area contributed by atoms with Crippen LogP contribution in [0.2, 0.25) is 0 Å². The van der Waals surface area contributed by atoms with Crippen LogP contribution in [0.5, 0.6) is 5.75 Å². The van der Waals surface area contributed by atoms with E-state index in [2.05, 4.69) is 4.98 Å². The molecule has 0 spiro atoms. The zero-order valence-electron chi connectivity index (χ0n) is 21.4. The number of esters is 1. The van der Waals surface area contributed by atoms with E-state index in [1.165, 1.54) is 41.3 Å². The third kappa shape index (κ3) is 7.23. The van der Waals surface area contributed by atoms with Crippen molar-refractivity contribution in [2.45, 2.75) is 25.0 Å². The molecule has 0 aliphatic carbocycles. The van der Waals surface area contributed by atoms with Crippen LogP contribution in [0.25, 0.3) is 11.1 Å². The molecule has 0 bridgehead atoms. The highest BCUT2D eigenvalue weighted by Crippen LogP contribution is 2.33. The summed E-state index contributed by atoms with van der Waals surface area (Å²) in [7, 11) is 0. The number of ether oxygens (including phenoxy) is 2. The first-order valence-corrected chi connectivity index (χ1v) is 13.3. The molecule has 0 atom stereocenters. The highest BCUT2D eigenvalue weighted by Gasteiger charge is 2.22. The van der Waals surface area contributed by atoms with Crippen LogP contribution in [0.15, 0.2) is 82.4 Å². The van der Waals surface area contributed by atoms with E-state index in [9.17, 15) is 18.4 Å². The third-order valence-corrected chi connectivity index (χ3v) is 6.49. The molecule has 4 rings (SSSR count). The van der Waals surface area contributed by atoms with Crippen molar-refractivity contribution in [2.24, 2.45) is 0 Å². The van der Waals surface area contributed by atoms with Crippen LogP contribution in [0.3, 0.4) is 0 Å². The van der Waals surface area contributed by atoms with Gasteiger partial charge in [0, 0.05) is 10.5 Å². The van der Waals surface area contributed by atoms with Gasteiger partial charge in [-0.1, -0.05) is 24.3 Å². The van der Waals surface area contributed by atoms with E-state index >= 15 is 0 Å². The summed E-state index contributed by atoms with van der Waals surface area (Å²) < 4.78 is 43.6. The Bertz CT molecular complexity index is 1430. The fraction of sp³-hybridized carbons (Fsp3) is 0.207. The summed E-state index contributed by atoms with van der Waals surface area (Å²) >= 11 is 1.33. The van der Waals surface area contributed by atoms with Crippen molar-refractivity contribution in [3.8, 4) is 16.9 Å². The Morgan fingerprint density at radius 2 is 1.82 bits per heavy atom. The van der Waals surface area contributed by atoms with E-state index < -0.39 is 17.6 Å².